The smallest absolute Gasteiger partial charge is 0.206 e. The summed E-state index contributed by atoms with van der Waals surface area (Å²) < 4.78 is 118. The minimum atomic E-state index is -6.05. The summed E-state index contributed by atoms with van der Waals surface area (Å²) in [5.41, 5.74) is -6.51. The number of benzene rings is 1. The zero-order valence-corrected chi connectivity index (χ0v) is 8.90. The summed E-state index contributed by atoms with van der Waals surface area (Å²) in [5.74, 6) is -24.5. The Hall–Kier alpha value is -1.41. The van der Waals surface area contributed by atoms with Crippen LogP contribution in [0.3, 0.4) is 0 Å². The van der Waals surface area contributed by atoms with E-state index in [4.69, 9.17) is 0 Å². The normalized spacial score (nSPS) is 22.4. The van der Waals surface area contributed by atoms with Gasteiger partial charge in [0.25, 0.3) is 0 Å². The van der Waals surface area contributed by atoms with Crippen molar-refractivity contribution in [1.82, 2.24) is 0 Å². The van der Waals surface area contributed by atoms with Crippen LogP contribution in [0.5, 0.6) is 0 Å². The Morgan fingerprint density at radius 1 is 0.632 bits per heavy atom. The highest BCUT2D eigenvalue weighted by Gasteiger charge is 2.81. The molecule has 0 heterocycles. The molecule has 0 unspecified atom stereocenters. The fraction of sp³-hybridized carbons (Fsp3) is 0.400. The molecule has 0 N–H and O–H groups in total. The maximum Gasteiger partial charge on any atom is 0.380 e. The standard InChI is InChI=1S/C10H3F9/c1-2-5(11)3-4(7(13)6(2)12)9(16,17)10(18,19)8(3,14)15/h1H3. The molecule has 0 atom stereocenters. The second-order valence-corrected chi connectivity index (χ2v) is 4.04. The molecule has 0 spiro atoms. The van der Waals surface area contributed by atoms with Crippen LogP contribution >= 0.6 is 0 Å². The van der Waals surface area contributed by atoms with E-state index in [1.54, 1.807) is 0 Å². The third-order valence-electron chi connectivity index (χ3n) is 2.96. The van der Waals surface area contributed by atoms with Crippen molar-refractivity contribution in [3.05, 3.63) is 34.1 Å². The zero-order valence-electron chi connectivity index (χ0n) is 8.90. The molecule has 106 valence electrons. The van der Waals surface area contributed by atoms with Gasteiger partial charge in [-0.05, 0) is 6.92 Å². The molecule has 0 aliphatic heterocycles. The van der Waals surface area contributed by atoms with Gasteiger partial charge in [-0.25, -0.2) is 13.2 Å². The highest BCUT2D eigenvalue weighted by molar-refractivity contribution is 5.48. The van der Waals surface area contributed by atoms with Gasteiger partial charge in [-0.15, -0.1) is 0 Å². The molecule has 0 aromatic heterocycles. The van der Waals surface area contributed by atoms with E-state index in [-0.39, 0.29) is 0 Å². The van der Waals surface area contributed by atoms with E-state index in [1.807, 2.05) is 0 Å². The molecular weight excluding hydrogens is 291 g/mol. The predicted molar refractivity (Wildman–Crippen MR) is 43.8 cm³/mol. The van der Waals surface area contributed by atoms with Gasteiger partial charge in [0, 0.05) is 5.56 Å². The molecule has 1 aliphatic carbocycles. The zero-order chi connectivity index (χ0) is 15.0. The molecule has 1 aliphatic rings. The van der Waals surface area contributed by atoms with E-state index in [2.05, 4.69) is 0 Å². The maximum atomic E-state index is 13.4. The predicted octanol–water partition coefficient (Wildman–Crippen LogP) is 4.24. The van der Waals surface area contributed by atoms with Gasteiger partial charge in [-0.3, -0.25) is 0 Å². The Labute approximate surface area is 99.4 Å². The Morgan fingerprint density at radius 3 is 1.42 bits per heavy atom. The monoisotopic (exact) mass is 294 g/mol. The first-order valence-corrected chi connectivity index (χ1v) is 4.70. The first-order chi connectivity index (χ1) is 8.39. The van der Waals surface area contributed by atoms with Crippen molar-refractivity contribution in [1.29, 1.82) is 0 Å². The Balaban J connectivity index is 3.02. The van der Waals surface area contributed by atoms with Crippen LogP contribution < -0.4 is 0 Å². The summed E-state index contributed by atoms with van der Waals surface area (Å²) in [5, 5.41) is 0. The van der Waals surface area contributed by atoms with Crippen LogP contribution in [0.1, 0.15) is 16.7 Å². The molecule has 0 amide bonds. The van der Waals surface area contributed by atoms with Crippen molar-refractivity contribution >= 4 is 0 Å². The molecule has 0 saturated carbocycles. The van der Waals surface area contributed by atoms with Crippen LogP contribution in [-0.2, 0) is 11.8 Å². The molecule has 19 heavy (non-hydrogen) atoms. The first kappa shape index (κ1) is 14.0. The van der Waals surface area contributed by atoms with Crippen molar-refractivity contribution < 1.29 is 39.5 Å². The Kier molecular flexibility index (Phi) is 2.48. The number of hydrogen-bond donors (Lipinski definition) is 0. The summed E-state index contributed by atoms with van der Waals surface area (Å²) in [6.45, 7) is 0.471. The number of alkyl halides is 6. The largest absolute Gasteiger partial charge is 0.380 e. The molecule has 0 saturated heterocycles. The van der Waals surface area contributed by atoms with E-state index in [9.17, 15) is 39.5 Å². The summed E-state index contributed by atoms with van der Waals surface area (Å²) >= 11 is 0. The summed E-state index contributed by atoms with van der Waals surface area (Å²) in [4.78, 5) is 0. The molecule has 2 rings (SSSR count). The molecule has 0 nitrogen and oxygen atoms in total. The SMILES string of the molecule is Cc1c(F)c(F)c2c(c1F)C(F)(F)C(F)(F)C2(F)F. The molecular formula is C10H3F9. The first-order valence-electron chi connectivity index (χ1n) is 4.70. The quantitative estimate of drug-likeness (QED) is 0.496. The highest BCUT2D eigenvalue weighted by Crippen LogP contribution is 2.64. The maximum absolute atomic E-state index is 13.4. The van der Waals surface area contributed by atoms with Gasteiger partial charge in [0.05, 0.1) is 11.1 Å². The molecule has 1 aromatic carbocycles. The van der Waals surface area contributed by atoms with Crippen molar-refractivity contribution in [3.63, 3.8) is 0 Å². The summed E-state index contributed by atoms with van der Waals surface area (Å²) in [6, 6.07) is 0. The second-order valence-electron chi connectivity index (χ2n) is 4.04. The van der Waals surface area contributed by atoms with E-state index >= 15 is 0 Å². The van der Waals surface area contributed by atoms with Gasteiger partial charge in [0.15, 0.2) is 11.6 Å². The van der Waals surface area contributed by atoms with Crippen LogP contribution in [-0.4, -0.2) is 5.92 Å². The van der Waals surface area contributed by atoms with E-state index in [0.29, 0.717) is 6.92 Å². The van der Waals surface area contributed by atoms with Crippen molar-refractivity contribution in [2.75, 3.05) is 0 Å². The number of rotatable bonds is 0. The van der Waals surface area contributed by atoms with Gasteiger partial charge in [-0.1, -0.05) is 0 Å². The Morgan fingerprint density at radius 2 is 1.00 bits per heavy atom. The lowest BCUT2D eigenvalue weighted by atomic mass is 10.0. The van der Waals surface area contributed by atoms with E-state index in [0.717, 1.165) is 0 Å². The lowest BCUT2D eigenvalue weighted by Gasteiger charge is -2.23. The minimum Gasteiger partial charge on any atom is -0.206 e. The van der Waals surface area contributed by atoms with Gasteiger partial charge in [0.2, 0.25) is 0 Å². The topological polar surface area (TPSA) is 0 Å². The van der Waals surface area contributed by atoms with Gasteiger partial charge < -0.3 is 0 Å². The number of hydrogen-bond acceptors (Lipinski definition) is 0. The third-order valence-corrected chi connectivity index (χ3v) is 2.96. The third kappa shape index (κ3) is 1.28. The van der Waals surface area contributed by atoms with Crippen LogP contribution in [0, 0.1) is 24.4 Å². The van der Waals surface area contributed by atoms with Gasteiger partial charge in [-0.2, -0.15) is 26.3 Å². The van der Waals surface area contributed by atoms with E-state index < -0.39 is 51.9 Å². The van der Waals surface area contributed by atoms with Crippen molar-refractivity contribution in [2.24, 2.45) is 0 Å². The van der Waals surface area contributed by atoms with Gasteiger partial charge >= 0.3 is 17.8 Å². The van der Waals surface area contributed by atoms with Crippen molar-refractivity contribution in [3.8, 4) is 0 Å². The second kappa shape index (κ2) is 3.37. The van der Waals surface area contributed by atoms with Crippen LogP contribution in [0.4, 0.5) is 39.5 Å². The molecule has 1 aromatic rings. The number of halogens is 9. The van der Waals surface area contributed by atoms with Crippen LogP contribution in [0.25, 0.3) is 0 Å². The lowest BCUT2D eigenvalue weighted by Crippen LogP contribution is -2.43. The van der Waals surface area contributed by atoms with E-state index in [1.165, 1.54) is 0 Å². The van der Waals surface area contributed by atoms with Gasteiger partial charge in [0.1, 0.15) is 5.82 Å². The average molecular weight is 294 g/mol. The molecule has 0 radical (unpaired) electrons. The summed E-state index contributed by atoms with van der Waals surface area (Å²) in [7, 11) is 0. The van der Waals surface area contributed by atoms with Crippen LogP contribution in [0.15, 0.2) is 0 Å². The summed E-state index contributed by atoms with van der Waals surface area (Å²) in [6.07, 6.45) is 0. The fourth-order valence-corrected chi connectivity index (χ4v) is 1.88. The van der Waals surface area contributed by atoms with Crippen LogP contribution in [0.2, 0.25) is 0 Å². The molecule has 0 bridgehead atoms. The lowest BCUT2D eigenvalue weighted by molar-refractivity contribution is -0.303. The Bertz CT molecular complexity index is 524. The minimum absolute atomic E-state index is 0.471. The average Bonchev–Trinajstić information content (AvgIpc) is 2.39. The molecule has 0 fully saturated rings. The van der Waals surface area contributed by atoms with Crippen molar-refractivity contribution in [2.45, 2.75) is 24.7 Å². The highest BCUT2D eigenvalue weighted by atomic mass is 19.3. The number of fused-ring (bicyclic) bond motifs is 1. The fourth-order valence-electron chi connectivity index (χ4n) is 1.88. The molecule has 9 heteroatoms.